The molecular formula is C8H13ClO4S. The molecule has 0 unspecified atom stereocenters. The maximum Gasteiger partial charge on any atom is 0.302 e. The van der Waals surface area contributed by atoms with Crippen molar-refractivity contribution < 1.29 is 17.9 Å². The molecule has 0 N–H and O–H groups in total. The average Bonchev–Trinajstić information content (AvgIpc) is 2.01. The highest BCUT2D eigenvalue weighted by atomic mass is 35.7. The van der Waals surface area contributed by atoms with E-state index in [1.165, 1.54) is 6.92 Å². The lowest BCUT2D eigenvalue weighted by Crippen LogP contribution is -2.37. The summed E-state index contributed by atoms with van der Waals surface area (Å²) in [5, 5.41) is -0.734. The molecule has 2 atom stereocenters. The van der Waals surface area contributed by atoms with Crippen LogP contribution < -0.4 is 0 Å². The van der Waals surface area contributed by atoms with Crippen LogP contribution in [0.4, 0.5) is 0 Å². The van der Waals surface area contributed by atoms with E-state index in [0.717, 1.165) is 12.8 Å². The Morgan fingerprint density at radius 3 is 2.43 bits per heavy atom. The second-order valence-electron chi connectivity index (χ2n) is 3.45. The summed E-state index contributed by atoms with van der Waals surface area (Å²) in [7, 11) is 1.65. The van der Waals surface area contributed by atoms with Crippen LogP contribution in [0.3, 0.4) is 0 Å². The molecule has 14 heavy (non-hydrogen) atoms. The lowest BCUT2D eigenvalue weighted by molar-refractivity contribution is -0.147. The first kappa shape index (κ1) is 11.8. The van der Waals surface area contributed by atoms with Crippen LogP contribution in [0, 0.1) is 0 Å². The van der Waals surface area contributed by atoms with Crippen molar-refractivity contribution in [3.05, 3.63) is 0 Å². The van der Waals surface area contributed by atoms with E-state index in [1.54, 1.807) is 0 Å². The molecule has 0 aromatic carbocycles. The molecule has 6 heteroatoms. The second kappa shape index (κ2) is 4.49. The van der Waals surface area contributed by atoms with E-state index in [2.05, 4.69) is 0 Å². The molecule has 1 rings (SSSR count). The topological polar surface area (TPSA) is 60.4 Å². The summed E-state index contributed by atoms with van der Waals surface area (Å²) in [6, 6.07) is 0. The highest BCUT2D eigenvalue weighted by Crippen LogP contribution is 2.28. The van der Waals surface area contributed by atoms with E-state index in [9.17, 15) is 13.2 Å². The van der Waals surface area contributed by atoms with Crippen molar-refractivity contribution in [3.8, 4) is 0 Å². The molecule has 0 aromatic rings. The van der Waals surface area contributed by atoms with Crippen molar-refractivity contribution in [3.63, 3.8) is 0 Å². The molecule has 1 aliphatic rings. The number of hydrogen-bond donors (Lipinski definition) is 0. The summed E-state index contributed by atoms with van der Waals surface area (Å²) in [6.45, 7) is 1.27. The van der Waals surface area contributed by atoms with Gasteiger partial charge < -0.3 is 4.74 Å². The van der Waals surface area contributed by atoms with Crippen molar-refractivity contribution in [1.29, 1.82) is 0 Å². The maximum atomic E-state index is 11.2. The molecule has 4 nitrogen and oxygen atoms in total. The first-order chi connectivity index (χ1) is 6.41. The van der Waals surface area contributed by atoms with E-state index in [4.69, 9.17) is 15.4 Å². The minimum Gasteiger partial charge on any atom is -0.461 e. The Kier molecular flexibility index (Phi) is 3.78. The molecule has 0 bridgehead atoms. The fraction of sp³-hybridized carbons (Fsp3) is 0.875. The number of carbonyl (C=O) groups is 1. The Morgan fingerprint density at radius 1 is 1.36 bits per heavy atom. The summed E-state index contributed by atoms with van der Waals surface area (Å²) < 4.78 is 27.2. The van der Waals surface area contributed by atoms with Crippen LogP contribution in [0.1, 0.15) is 32.6 Å². The van der Waals surface area contributed by atoms with Gasteiger partial charge in [0.05, 0.1) is 0 Å². The minimum atomic E-state index is -3.63. The van der Waals surface area contributed by atoms with E-state index >= 15 is 0 Å². The fourth-order valence-electron chi connectivity index (χ4n) is 1.73. The molecular weight excluding hydrogens is 228 g/mol. The van der Waals surface area contributed by atoms with Crippen molar-refractivity contribution in [1.82, 2.24) is 0 Å². The second-order valence-corrected chi connectivity index (χ2v) is 6.29. The van der Waals surface area contributed by atoms with Crippen LogP contribution in [0.5, 0.6) is 0 Å². The average molecular weight is 241 g/mol. The van der Waals surface area contributed by atoms with Gasteiger partial charge in [-0.05, 0) is 19.3 Å². The van der Waals surface area contributed by atoms with Gasteiger partial charge in [0.25, 0.3) is 0 Å². The SMILES string of the molecule is CC(=O)O[C@H]1CCCC[C@@H]1S(=O)(=O)Cl. The molecule has 0 radical (unpaired) electrons. The highest BCUT2D eigenvalue weighted by molar-refractivity contribution is 8.14. The van der Waals surface area contributed by atoms with Crippen LogP contribution in [0.25, 0.3) is 0 Å². The van der Waals surface area contributed by atoms with Crippen molar-refractivity contribution in [2.75, 3.05) is 0 Å². The summed E-state index contributed by atoms with van der Waals surface area (Å²) in [5.41, 5.74) is 0. The number of halogens is 1. The molecule has 0 aromatic heterocycles. The molecule has 0 amide bonds. The molecule has 1 saturated carbocycles. The monoisotopic (exact) mass is 240 g/mol. The lowest BCUT2D eigenvalue weighted by Gasteiger charge is -2.28. The summed E-state index contributed by atoms with van der Waals surface area (Å²) in [4.78, 5) is 10.7. The fourth-order valence-corrected chi connectivity index (χ4v) is 3.35. The van der Waals surface area contributed by atoms with Gasteiger partial charge in [-0.15, -0.1) is 0 Å². The molecule has 82 valence electrons. The first-order valence-corrected chi connectivity index (χ1v) is 6.89. The zero-order chi connectivity index (χ0) is 10.8. The standard InChI is InChI=1S/C8H13ClO4S/c1-6(10)13-7-4-2-3-5-8(7)14(9,11)12/h7-8H,2-5H2,1H3/t7-,8-/m0/s1. The van der Waals surface area contributed by atoms with Gasteiger partial charge in [-0.25, -0.2) is 8.42 Å². The van der Waals surface area contributed by atoms with Crippen LogP contribution >= 0.6 is 10.7 Å². The van der Waals surface area contributed by atoms with E-state index in [1.807, 2.05) is 0 Å². The van der Waals surface area contributed by atoms with Gasteiger partial charge in [-0.1, -0.05) is 6.42 Å². The van der Waals surface area contributed by atoms with E-state index < -0.39 is 26.4 Å². The van der Waals surface area contributed by atoms with Gasteiger partial charge in [-0.2, -0.15) is 0 Å². The van der Waals surface area contributed by atoms with Gasteiger partial charge in [0.2, 0.25) is 9.05 Å². The smallest absolute Gasteiger partial charge is 0.302 e. The first-order valence-electron chi connectivity index (χ1n) is 4.52. The van der Waals surface area contributed by atoms with Crippen LogP contribution in [0.2, 0.25) is 0 Å². The van der Waals surface area contributed by atoms with Crippen molar-refractivity contribution >= 4 is 25.7 Å². The third-order valence-electron chi connectivity index (χ3n) is 2.32. The lowest BCUT2D eigenvalue weighted by atomic mass is 9.97. The Labute approximate surface area is 88.0 Å². The number of ether oxygens (including phenoxy) is 1. The van der Waals surface area contributed by atoms with Gasteiger partial charge in [0.15, 0.2) is 0 Å². The number of hydrogen-bond acceptors (Lipinski definition) is 4. The Hall–Kier alpha value is -0.290. The predicted octanol–water partition coefficient (Wildman–Crippen LogP) is 1.43. The summed E-state index contributed by atoms with van der Waals surface area (Å²) in [6.07, 6.45) is 2.18. The number of rotatable bonds is 2. The Balaban J connectivity index is 2.74. The normalized spacial score (nSPS) is 28.4. The summed E-state index contributed by atoms with van der Waals surface area (Å²) >= 11 is 0. The molecule has 0 heterocycles. The van der Waals surface area contributed by atoms with Crippen LogP contribution in [0.15, 0.2) is 0 Å². The largest absolute Gasteiger partial charge is 0.461 e. The van der Waals surface area contributed by atoms with Gasteiger partial charge in [-0.3, -0.25) is 4.79 Å². The summed E-state index contributed by atoms with van der Waals surface area (Å²) in [5.74, 6) is -0.456. The number of carbonyl (C=O) groups excluding carboxylic acids is 1. The van der Waals surface area contributed by atoms with Crippen LogP contribution in [-0.2, 0) is 18.6 Å². The Morgan fingerprint density at radius 2 is 1.93 bits per heavy atom. The zero-order valence-corrected chi connectivity index (χ0v) is 9.47. The van der Waals surface area contributed by atoms with E-state index in [-0.39, 0.29) is 0 Å². The third-order valence-corrected chi connectivity index (χ3v) is 4.27. The van der Waals surface area contributed by atoms with Crippen molar-refractivity contribution in [2.24, 2.45) is 0 Å². The maximum absolute atomic E-state index is 11.2. The van der Waals surface area contributed by atoms with Crippen LogP contribution in [-0.4, -0.2) is 25.7 Å². The molecule has 1 aliphatic carbocycles. The van der Waals surface area contributed by atoms with Gasteiger partial charge >= 0.3 is 5.97 Å². The third kappa shape index (κ3) is 3.13. The molecule has 0 aliphatic heterocycles. The quantitative estimate of drug-likeness (QED) is 0.541. The van der Waals surface area contributed by atoms with Gasteiger partial charge in [0.1, 0.15) is 11.4 Å². The van der Waals surface area contributed by atoms with Crippen molar-refractivity contribution in [2.45, 2.75) is 44.0 Å². The highest BCUT2D eigenvalue weighted by Gasteiger charge is 2.36. The van der Waals surface area contributed by atoms with Gasteiger partial charge in [0, 0.05) is 17.6 Å². The minimum absolute atomic E-state index is 0.456. The van der Waals surface area contributed by atoms with E-state index in [0.29, 0.717) is 12.8 Å². The predicted molar refractivity (Wildman–Crippen MR) is 52.6 cm³/mol. The Bertz CT molecular complexity index is 311. The molecule has 1 fully saturated rings. The molecule has 0 saturated heterocycles. The zero-order valence-electron chi connectivity index (χ0n) is 7.90. The number of esters is 1. The molecule has 0 spiro atoms.